The molecule has 0 heterocycles. The lowest BCUT2D eigenvalue weighted by Crippen LogP contribution is -2.28. The van der Waals surface area contributed by atoms with Gasteiger partial charge in [-0.25, -0.2) is 4.67 Å². The van der Waals surface area contributed by atoms with E-state index in [2.05, 4.69) is 25.2 Å². The van der Waals surface area contributed by atoms with Gasteiger partial charge in [-0.3, -0.25) is 4.57 Å². The molecule has 1 aliphatic carbocycles. The van der Waals surface area contributed by atoms with Gasteiger partial charge >= 0.3 is 0 Å². The van der Waals surface area contributed by atoms with Crippen LogP contribution in [0.25, 0.3) is 0 Å². The minimum absolute atomic E-state index is 0.0592. The van der Waals surface area contributed by atoms with E-state index in [4.69, 9.17) is 4.52 Å². The summed E-state index contributed by atoms with van der Waals surface area (Å²) in [7, 11) is -2.80. The van der Waals surface area contributed by atoms with E-state index in [0.717, 1.165) is 25.9 Å². The van der Waals surface area contributed by atoms with Gasteiger partial charge < -0.3 is 4.52 Å². The van der Waals surface area contributed by atoms with Crippen molar-refractivity contribution in [3.05, 3.63) is 23.8 Å². The fourth-order valence-electron chi connectivity index (χ4n) is 2.48. The van der Waals surface area contributed by atoms with Crippen molar-refractivity contribution in [1.29, 1.82) is 0 Å². The molecular formula is C14H26NO2P. The molecule has 4 heteroatoms. The van der Waals surface area contributed by atoms with Crippen LogP contribution in [0, 0.1) is 0 Å². The molecule has 0 fully saturated rings. The van der Waals surface area contributed by atoms with Crippen molar-refractivity contribution in [3.63, 3.8) is 0 Å². The van der Waals surface area contributed by atoms with Gasteiger partial charge in [0.2, 0.25) is 0 Å². The molecule has 3 nitrogen and oxygen atoms in total. The van der Waals surface area contributed by atoms with Crippen molar-refractivity contribution in [2.45, 2.75) is 46.2 Å². The molecule has 0 amide bonds. The molecule has 0 spiro atoms. The number of hydrogen-bond acceptors (Lipinski definition) is 2. The summed E-state index contributed by atoms with van der Waals surface area (Å²) in [6, 6.07) is 0. The molecule has 0 saturated heterocycles. The van der Waals surface area contributed by atoms with Gasteiger partial charge in [-0.2, -0.15) is 0 Å². The van der Waals surface area contributed by atoms with E-state index in [1.807, 2.05) is 25.4 Å². The molecule has 1 rings (SSSR count). The lowest BCUT2D eigenvalue weighted by molar-refractivity contribution is 0.275. The van der Waals surface area contributed by atoms with E-state index in [1.54, 1.807) is 0 Å². The minimum Gasteiger partial charge on any atom is -0.317 e. The second-order valence-corrected chi connectivity index (χ2v) is 6.87. The molecular weight excluding hydrogens is 245 g/mol. The SMILES string of the molecule is CCOP(=O)(C1C=CCC=C1CC)N(CC)CC. The maximum atomic E-state index is 13.3. The average molecular weight is 271 g/mol. The van der Waals surface area contributed by atoms with Crippen LogP contribution in [0.5, 0.6) is 0 Å². The van der Waals surface area contributed by atoms with E-state index in [1.165, 1.54) is 5.57 Å². The van der Waals surface area contributed by atoms with Crippen molar-refractivity contribution in [1.82, 2.24) is 4.67 Å². The monoisotopic (exact) mass is 271 g/mol. The first-order valence-electron chi connectivity index (χ1n) is 6.99. The lowest BCUT2D eigenvalue weighted by Gasteiger charge is -2.35. The van der Waals surface area contributed by atoms with Gasteiger partial charge in [0.15, 0.2) is 0 Å². The molecule has 1 aliphatic rings. The van der Waals surface area contributed by atoms with E-state index in [9.17, 15) is 4.57 Å². The molecule has 18 heavy (non-hydrogen) atoms. The van der Waals surface area contributed by atoms with Gasteiger partial charge in [-0.1, -0.05) is 44.6 Å². The lowest BCUT2D eigenvalue weighted by atomic mass is 10.0. The predicted molar refractivity (Wildman–Crippen MR) is 78.1 cm³/mol. The summed E-state index contributed by atoms with van der Waals surface area (Å²) in [5.74, 6) is 0. The second kappa shape index (κ2) is 7.28. The van der Waals surface area contributed by atoms with Gasteiger partial charge in [-0.05, 0) is 19.8 Å². The van der Waals surface area contributed by atoms with Gasteiger partial charge in [-0.15, -0.1) is 0 Å². The van der Waals surface area contributed by atoms with Crippen molar-refractivity contribution in [3.8, 4) is 0 Å². The van der Waals surface area contributed by atoms with Crippen LogP contribution in [0.3, 0.4) is 0 Å². The Morgan fingerprint density at radius 3 is 2.50 bits per heavy atom. The third-order valence-corrected chi connectivity index (χ3v) is 6.60. The van der Waals surface area contributed by atoms with Crippen LogP contribution in [-0.2, 0) is 9.09 Å². The first-order valence-corrected chi connectivity index (χ1v) is 8.63. The van der Waals surface area contributed by atoms with Gasteiger partial charge in [0.05, 0.1) is 12.3 Å². The molecule has 0 saturated carbocycles. The Labute approximate surface area is 111 Å². The zero-order valence-electron chi connectivity index (χ0n) is 12.1. The number of rotatable bonds is 7. The predicted octanol–water partition coefficient (Wildman–Crippen LogP) is 4.22. The van der Waals surface area contributed by atoms with Crippen LogP contribution in [-0.4, -0.2) is 30.0 Å². The van der Waals surface area contributed by atoms with E-state index < -0.39 is 7.52 Å². The normalized spacial score (nSPS) is 22.9. The zero-order valence-corrected chi connectivity index (χ0v) is 13.0. The Bertz CT molecular complexity index is 359. The van der Waals surface area contributed by atoms with Crippen molar-refractivity contribution in [2.75, 3.05) is 19.7 Å². The number of nitrogens with zero attached hydrogens (tertiary/aromatic N) is 1. The maximum absolute atomic E-state index is 13.3. The Morgan fingerprint density at radius 2 is 2.00 bits per heavy atom. The first kappa shape index (κ1) is 15.7. The molecule has 2 atom stereocenters. The van der Waals surface area contributed by atoms with E-state index >= 15 is 0 Å². The Hall–Kier alpha value is -0.370. The summed E-state index contributed by atoms with van der Waals surface area (Å²) < 4.78 is 21.0. The quantitative estimate of drug-likeness (QED) is 0.513. The molecule has 104 valence electrons. The van der Waals surface area contributed by atoms with E-state index in [0.29, 0.717) is 6.61 Å². The fourth-order valence-corrected chi connectivity index (χ4v) is 5.36. The summed E-state index contributed by atoms with van der Waals surface area (Å²) >= 11 is 0. The van der Waals surface area contributed by atoms with Gasteiger partial charge in [0.1, 0.15) is 0 Å². The second-order valence-electron chi connectivity index (χ2n) is 4.36. The minimum atomic E-state index is -2.80. The van der Waals surface area contributed by atoms with Crippen LogP contribution < -0.4 is 0 Å². The summed E-state index contributed by atoms with van der Waals surface area (Å²) in [6.45, 7) is 10.1. The highest BCUT2D eigenvalue weighted by Crippen LogP contribution is 2.58. The van der Waals surface area contributed by atoms with Crippen molar-refractivity contribution >= 4 is 7.52 Å². The van der Waals surface area contributed by atoms with Crippen LogP contribution >= 0.6 is 7.52 Å². The maximum Gasteiger partial charge on any atom is 0.283 e. The highest BCUT2D eigenvalue weighted by atomic mass is 31.2. The average Bonchev–Trinajstić information content (AvgIpc) is 2.40. The molecule has 0 aliphatic heterocycles. The van der Waals surface area contributed by atoms with Crippen LogP contribution in [0.15, 0.2) is 23.8 Å². The van der Waals surface area contributed by atoms with Crippen molar-refractivity contribution in [2.24, 2.45) is 0 Å². The molecule has 0 radical (unpaired) electrons. The Balaban J connectivity index is 3.10. The van der Waals surface area contributed by atoms with Crippen molar-refractivity contribution < 1.29 is 9.09 Å². The van der Waals surface area contributed by atoms with Crippen LogP contribution in [0.4, 0.5) is 0 Å². The summed E-state index contributed by atoms with van der Waals surface area (Å²) in [6.07, 6.45) is 8.25. The Morgan fingerprint density at radius 1 is 1.33 bits per heavy atom. The number of allylic oxidation sites excluding steroid dienone is 4. The topological polar surface area (TPSA) is 29.5 Å². The smallest absolute Gasteiger partial charge is 0.283 e. The first-order chi connectivity index (χ1) is 8.63. The molecule has 0 aromatic rings. The van der Waals surface area contributed by atoms with Crippen LogP contribution in [0.1, 0.15) is 40.5 Å². The summed E-state index contributed by atoms with van der Waals surface area (Å²) in [4.78, 5) is 0. The molecule has 0 N–H and O–H groups in total. The highest BCUT2D eigenvalue weighted by Gasteiger charge is 2.39. The molecule has 2 unspecified atom stereocenters. The zero-order chi connectivity index (χ0) is 13.6. The van der Waals surface area contributed by atoms with Gasteiger partial charge in [0, 0.05) is 13.1 Å². The fraction of sp³-hybridized carbons (Fsp3) is 0.714. The standard InChI is InChI=1S/C14H26NO2P/c1-5-13-11-9-10-12-14(13)18(16,17-8-4)15(6-2)7-3/h10-12,14H,5-9H2,1-4H3. The molecule has 0 aromatic carbocycles. The van der Waals surface area contributed by atoms with E-state index in [-0.39, 0.29) is 5.66 Å². The van der Waals surface area contributed by atoms with Crippen LogP contribution in [0.2, 0.25) is 0 Å². The van der Waals surface area contributed by atoms with Gasteiger partial charge in [0.25, 0.3) is 7.52 Å². The number of hydrogen-bond donors (Lipinski definition) is 0. The third kappa shape index (κ3) is 3.14. The summed E-state index contributed by atoms with van der Waals surface area (Å²) in [5.41, 5.74) is 1.19. The largest absolute Gasteiger partial charge is 0.317 e. The highest BCUT2D eigenvalue weighted by molar-refractivity contribution is 7.57. The Kier molecular flexibility index (Phi) is 6.34. The third-order valence-electron chi connectivity index (χ3n) is 3.41. The molecule has 0 bridgehead atoms. The molecule has 0 aromatic heterocycles. The summed E-state index contributed by atoms with van der Waals surface area (Å²) in [5, 5.41) is 0.